The molecule has 0 unspecified atom stereocenters. The van der Waals surface area contributed by atoms with Crippen molar-refractivity contribution in [1.82, 2.24) is 10.6 Å². The summed E-state index contributed by atoms with van der Waals surface area (Å²) in [4.78, 5) is 12.2. The number of amides is 1. The first-order valence-electron chi connectivity index (χ1n) is 7.67. The second-order valence-corrected chi connectivity index (χ2v) is 4.46. The Hall–Kier alpha value is -1.66. The van der Waals surface area contributed by atoms with E-state index in [-0.39, 0.29) is 18.3 Å². The van der Waals surface area contributed by atoms with Gasteiger partial charge in [0.2, 0.25) is 5.75 Å². The number of benzene rings is 1. The standard InChI is InChI=1S/C16H26N2O4.ClH/c1-5-20-13-10-12(16(19)18-9-8-17-4)11-14(21-6-2)15(13)22-7-3;/h10-11,17H,5-9H2,1-4H3,(H,18,19);1H. The first-order chi connectivity index (χ1) is 10.7. The Kier molecular flexibility index (Phi) is 11.0. The van der Waals surface area contributed by atoms with Crippen molar-refractivity contribution in [3.63, 3.8) is 0 Å². The Morgan fingerprint density at radius 3 is 1.91 bits per heavy atom. The van der Waals surface area contributed by atoms with Crippen molar-refractivity contribution in [2.75, 3.05) is 40.0 Å². The SMILES string of the molecule is CCOc1cc(C(=O)NCCNC)cc(OCC)c1OCC.Cl. The smallest absolute Gasteiger partial charge is 0.251 e. The fraction of sp³-hybridized carbons (Fsp3) is 0.562. The minimum Gasteiger partial charge on any atom is -0.490 e. The van der Waals surface area contributed by atoms with Crippen LogP contribution in [-0.2, 0) is 0 Å². The summed E-state index contributed by atoms with van der Waals surface area (Å²) < 4.78 is 16.8. The number of rotatable bonds is 10. The van der Waals surface area contributed by atoms with E-state index in [0.717, 1.165) is 0 Å². The lowest BCUT2D eigenvalue weighted by atomic mass is 10.1. The lowest BCUT2D eigenvalue weighted by Crippen LogP contribution is -2.30. The molecule has 1 aromatic rings. The average Bonchev–Trinajstić information content (AvgIpc) is 2.50. The van der Waals surface area contributed by atoms with Crippen molar-refractivity contribution < 1.29 is 19.0 Å². The summed E-state index contributed by atoms with van der Waals surface area (Å²) in [5.41, 5.74) is 0.492. The number of hydrogen-bond donors (Lipinski definition) is 2. The maximum atomic E-state index is 12.2. The van der Waals surface area contributed by atoms with Gasteiger partial charge in [-0.15, -0.1) is 12.4 Å². The number of likely N-dealkylation sites (N-methyl/N-ethyl adjacent to an activating group) is 1. The van der Waals surface area contributed by atoms with Crippen molar-refractivity contribution in [2.24, 2.45) is 0 Å². The molecule has 0 radical (unpaired) electrons. The predicted molar refractivity (Wildman–Crippen MR) is 93.5 cm³/mol. The van der Waals surface area contributed by atoms with Gasteiger partial charge in [0.15, 0.2) is 11.5 Å². The van der Waals surface area contributed by atoms with Gasteiger partial charge in [0.25, 0.3) is 5.91 Å². The second-order valence-electron chi connectivity index (χ2n) is 4.46. The van der Waals surface area contributed by atoms with Crippen LogP contribution >= 0.6 is 12.4 Å². The lowest BCUT2D eigenvalue weighted by molar-refractivity contribution is 0.0953. The third-order valence-corrected chi connectivity index (χ3v) is 2.83. The molecule has 0 aromatic heterocycles. The van der Waals surface area contributed by atoms with Gasteiger partial charge in [-0.1, -0.05) is 0 Å². The van der Waals surface area contributed by atoms with Crippen molar-refractivity contribution >= 4 is 18.3 Å². The van der Waals surface area contributed by atoms with Crippen molar-refractivity contribution in [1.29, 1.82) is 0 Å². The lowest BCUT2D eigenvalue weighted by Gasteiger charge is -2.17. The normalized spacial score (nSPS) is 9.74. The summed E-state index contributed by atoms with van der Waals surface area (Å²) in [7, 11) is 1.84. The van der Waals surface area contributed by atoms with Gasteiger partial charge in [0.05, 0.1) is 19.8 Å². The maximum absolute atomic E-state index is 12.2. The van der Waals surface area contributed by atoms with Gasteiger partial charge in [-0.25, -0.2) is 0 Å². The highest BCUT2D eigenvalue weighted by atomic mass is 35.5. The molecule has 0 spiro atoms. The van der Waals surface area contributed by atoms with E-state index in [2.05, 4.69) is 10.6 Å². The summed E-state index contributed by atoms with van der Waals surface area (Å²) in [6.45, 7) is 8.38. The summed E-state index contributed by atoms with van der Waals surface area (Å²) in [6, 6.07) is 3.37. The number of hydrogen-bond acceptors (Lipinski definition) is 5. The number of halogens is 1. The summed E-state index contributed by atoms with van der Waals surface area (Å²) in [5, 5.41) is 5.82. The first-order valence-corrected chi connectivity index (χ1v) is 7.67. The molecule has 0 bridgehead atoms. The molecule has 0 heterocycles. The zero-order valence-corrected chi connectivity index (χ0v) is 15.0. The van der Waals surface area contributed by atoms with Gasteiger partial charge in [0, 0.05) is 18.7 Å². The predicted octanol–water partition coefficient (Wildman–Crippen LogP) is 2.25. The third kappa shape index (κ3) is 6.54. The van der Waals surface area contributed by atoms with Crippen LogP contribution in [0.3, 0.4) is 0 Å². The van der Waals surface area contributed by atoms with E-state index in [1.54, 1.807) is 12.1 Å². The summed E-state index contributed by atoms with van der Waals surface area (Å²) >= 11 is 0. The minimum absolute atomic E-state index is 0. The number of carbonyl (C=O) groups is 1. The molecule has 132 valence electrons. The number of ether oxygens (including phenoxy) is 3. The summed E-state index contributed by atoms with van der Waals surface area (Å²) in [5.74, 6) is 1.42. The molecule has 1 rings (SSSR count). The van der Waals surface area contributed by atoms with Crippen LogP contribution in [0.2, 0.25) is 0 Å². The van der Waals surface area contributed by atoms with Gasteiger partial charge in [0.1, 0.15) is 0 Å². The van der Waals surface area contributed by atoms with Crippen LogP contribution in [0.4, 0.5) is 0 Å². The number of nitrogens with one attached hydrogen (secondary N) is 2. The van der Waals surface area contributed by atoms with Gasteiger partial charge in [-0.05, 0) is 40.0 Å². The van der Waals surface area contributed by atoms with Gasteiger partial charge < -0.3 is 24.8 Å². The summed E-state index contributed by atoms with van der Waals surface area (Å²) in [6.07, 6.45) is 0. The molecule has 2 N–H and O–H groups in total. The fourth-order valence-electron chi connectivity index (χ4n) is 1.92. The monoisotopic (exact) mass is 346 g/mol. The van der Waals surface area contributed by atoms with Crippen LogP contribution in [-0.4, -0.2) is 45.9 Å². The van der Waals surface area contributed by atoms with Crippen LogP contribution in [0.15, 0.2) is 12.1 Å². The van der Waals surface area contributed by atoms with Crippen LogP contribution in [0.25, 0.3) is 0 Å². The molecule has 0 saturated carbocycles. The van der Waals surface area contributed by atoms with E-state index in [0.29, 0.717) is 55.7 Å². The molecule has 0 fully saturated rings. The van der Waals surface area contributed by atoms with E-state index in [1.165, 1.54) is 0 Å². The highest BCUT2D eigenvalue weighted by Gasteiger charge is 2.18. The molecular weight excluding hydrogens is 320 g/mol. The fourth-order valence-corrected chi connectivity index (χ4v) is 1.92. The Morgan fingerprint density at radius 2 is 1.48 bits per heavy atom. The molecule has 1 amide bonds. The minimum atomic E-state index is -0.166. The quantitative estimate of drug-likeness (QED) is 0.636. The zero-order chi connectivity index (χ0) is 16.4. The second kappa shape index (κ2) is 11.8. The molecule has 6 nitrogen and oxygen atoms in total. The van der Waals surface area contributed by atoms with Crippen LogP contribution in [0.1, 0.15) is 31.1 Å². The molecule has 1 aromatic carbocycles. The molecule has 0 atom stereocenters. The van der Waals surface area contributed by atoms with Crippen molar-refractivity contribution in [2.45, 2.75) is 20.8 Å². The highest BCUT2D eigenvalue weighted by molar-refractivity contribution is 5.95. The molecule has 23 heavy (non-hydrogen) atoms. The Balaban J connectivity index is 0.00000484. The molecular formula is C16H27ClN2O4. The van der Waals surface area contributed by atoms with Crippen molar-refractivity contribution in [3.8, 4) is 17.2 Å². The largest absolute Gasteiger partial charge is 0.490 e. The maximum Gasteiger partial charge on any atom is 0.251 e. The average molecular weight is 347 g/mol. The highest BCUT2D eigenvalue weighted by Crippen LogP contribution is 2.39. The van der Waals surface area contributed by atoms with E-state index in [1.807, 2.05) is 27.8 Å². The van der Waals surface area contributed by atoms with E-state index >= 15 is 0 Å². The molecule has 0 aliphatic carbocycles. The van der Waals surface area contributed by atoms with Gasteiger partial charge in [-0.2, -0.15) is 0 Å². The third-order valence-electron chi connectivity index (χ3n) is 2.83. The topological polar surface area (TPSA) is 68.8 Å². The van der Waals surface area contributed by atoms with Crippen LogP contribution in [0, 0.1) is 0 Å². The van der Waals surface area contributed by atoms with Crippen molar-refractivity contribution in [3.05, 3.63) is 17.7 Å². The van der Waals surface area contributed by atoms with E-state index in [4.69, 9.17) is 14.2 Å². The van der Waals surface area contributed by atoms with E-state index in [9.17, 15) is 4.79 Å². The Bertz CT molecular complexity index is 456. The van der Waals surface area contributed by atoms with E-state index < -0.39 is 0 Å². The molecule has 7 heteroatoms. The molecule has 0 aliphatic rings. The van der Waals surface area contributed by atoms with Gasteiger partial charge in [-0.3, -0.25) is 4.79 Å². The van der Waals surface area contributed by atoms with Crippen LogP contribution < -0.4 is 24.8 Å². The Morgan fingerprint density at radius 1 is 0.957 bits per heavy atom. The zero-order valence-electron chi connectivity index (χ0n) is 14.2. The molecule has 0 aliphatic heterocycles. The first kappa shape index (κ1) is 21.3. The number of carbonyl (C=O) groups excluding carboxylic acids is 1. The van der Waals surface area contributed by atoms with Crippen LogP contribution in [0.5, 0.6) is 17.2 Å². The molecule has 0 saturated heterocycles. The van der Waals surface area contributed by atoms with Gasteiger partial charge >= 0.3 is 0 Å². The Labute approximate surface area is 144 Å².